The molecule has 23 heteroatoms. The molecule has 106 heavy (non-hydrogen) atoms. The third-order valence-corrected chi connectivity index (χ3v) is 20.1. The van der Waals surface area contributed by atoms with Gasteiger partial charge in [0.25, 0.3) is 16.7 Å². The Labute approximate surface area is 623 Å². The fraction of sp³-hybridized carbons (Fsp3) is 0.325. The van der Waals surface area contributed by atoms with Crippen molar-refractivity contribution in [2.45, 2.75) is 176 Å². The summed E-state index contributed by atoms with van der Waals surface area (Å²) in [6.07, 6.45) is 16.6. The molecule has 3 aromatic carbocycles. The van der Waals surface area contributed by atoms with Gasteiger partial charge in [0.05, 0.1) is 64.9 Å². The Morgan fingerprint density at radius 3 is 1.23 bits per heavy atom. The van der Waals surface area contributed by atoms with Crippen LogP contribution in [0.1, 0.15) is 173 Å². The summed E-state index contributed by atoms with van der Waals surface area (Å²) in [4.78, 5) is 65.7. The summed E-state index contributed by atoms with van der Waals surface area (Å²) in [5.74, 6) is 1.54. The van der Waals surface area contributed by atoms with Crippen LogP contribution in [0.25, 0.3) is 102 Å². The van der Waals surface area contributed by atoms with Crippen LogP contribution >= 0.6 is 0 Å². The lowest BCUT2D eigenvalue weighted by molar-refractivity contribution is 0.345. The number of pyridine rings is 3. The first-order valence-corrected chi connectivity index (χ1v) is 36.0. The molecule has 23 nitrogen and oxygen atoms in total. The van der Waals surface area contributed by atoms with E-state index in [1.807, 2.05) is 135 Å². The predicted octanol–water partition coefficient (Wildman–Crippen LogP) is 17.2. The highest BCUT2D eigenvalue weighted by atomic mass is 16.5. The van der Waals surface area contributed by atoms with Gasteiger partial charge in [-0.3, -0.25) is 38.5 Å². The minimum Gasteiger partial charge on any atom is -0.354 e. The maximum Gasteiger partial charge on any atom is 0.251 e. The van der Waals surface area contributed by atoms with Crippen LogP contribution in [0.2, 0.25) is 0 Å². The molecule has 0 saturated heterocycles. The van der Waals surface area contributed by atoms with E-state index in [0.717, 1.165) is 64.2 Å². The Bertz CT molecular complexity index is 5190. The minimum atomic E-state index is -0.913. The molecule has 1 aliphatic carbocycles. The van der Waals surface area contributed by atoms with E-state index in [4.69, 9.17) is 40.0 Å². The van der Waals surface area contributed by atoms with Gasteiger partial charge in [0, 0.05) is 126 Å². The highest BCUT2D eigenvalue weighted by Gasteiger charge is 2.36. The second-order valence-electron chi connectivity index (χ2n) is 27.3. The third-order valence-electron chi connectivity index (χ3n) is 20.1. The lowest BCUT2D eigenvalue weighted by Crippen LogP contribution is -2.38. The fourth-order valence-electron chi connectivity index (χ4n) is 12.6. The number of aromatic nitrogens is 12. The number of nitriles is 2. The van der Waals surface area contributed by atoms with Crippen LogP contribution in [0.4, 0.5) is 0 Å². The van der Waals surface area contributed by atoms with Crippen molar-refractivity contribution in [3.05, 3.63) is 229 Å². The topological polar surface area (TPSA) is 333 Å². The van der Waals surface area contributed by atoms with Gasteiger partial charge in [0.2, 0.25) is 0 Å². The SMILES string of the molecule is CCC(C#N)(CC)n1cc(-c2cnc(C)c(-c3cc(-c4cccc([C@@H](C)N)c4)no3)n2)ccc1=O.CCC(C#N)(CC)n1cc(-c2cnc(C)c(-c3cc(-c4cccc([C@@H](C)N)c4)no3)n2)ccc1=O.CCC(CC)n1cc(-c2cnc(C)c(-c3cc(-c4ccc(CNC5(C)CC5)cc4)no3)n2)ccc1=O.[HH].[HH].[HH].[HH].[HH]. The molecular formula is C83H99N17O6. The number of hydrogen-bond donors (Lipinski definition) is 3. The van der Waals surface area contributed by atoms with E-state index < -0.39 is 11.1 Å². The molecule has 1 saturated carbocycles. The highest BCUT2D eigenvalue weighted by Crippen LogP contribution is 2.37. The van der Waals surface area contributed by atoms with E-state index in [1.165, 1.54) is 39.7 Å². The van der Waals surface area contributed by atoms with Crippen molar-refractivity contribution in [1.29, 1.82) is 10.5 Å². The van der Waals surface area contributed by atoms with Crippen LogP contribution < -0.4 is 33.5 Å². The molecule has 0 aliphatic heterocycles. The van der Waals surface area contributed by atoms with Gasteiger partial charge in [-0.2, -0.15) is 10.5 Å². The first-order chi connectivity index (χ1) is 51.0. The van der Waals surface area contributed by atoms with Gasteiger partial charge in [0.1, 0.15) is 45.2 Å². The Hall–Kier alpha value is -11.8. The number of rotatable bonds is 23. The molecule has 13 rings (SSSR count). The van der Waals surface area contributed by atoms with E-state index in [0.29, 0.717) is 117 Å². The summed E-state index contributed by atoms with van der Waals surface area (Å²) in [5.41, 5.74) is 26.1. The Morgan fingerprint density at radius 2 is 0.868 bits per heavy atom. The zero-order valence-electron chi connectivity index (χ0n) is 62.0. The first kappa shape index (κ1) is 75.4. The van der Waals surface area contributed by atoms with Crippen molar-refractivity contribution in [2.24, 2.45) is 11.5 Å². The van der Waals surface area contributed by atoms with Crippen LogP contribution in [-0.2, 0) is 17.6 Å². The van der Waals surface area contributed by atoms with Gasteiger partial charge in [-0.05, 0) is 140 Å². The molecule has 9 heterocycles. The fourth-order valence-corrected chi connectivity index (χ4v) is 12.6. The summed E-state index contributed by atoms with van der Waals surface area (Å²) in [7, 11) is 0. The van der Waals surface area contributed by atoms with Crippen LogP contribution in [-0.4, -0.2) is 64.6 Å². The molecule has 1 aliphatic rings. The predicted molar refractivity (Wildman–Crippen MR) is 420 cm³/mol. The molecule has 0 unspecified atom stereocenters. The molecular weight excluding hydrogens is 1330 g/mol. The van der Waals surface area contributed by atoms with Gasteiger partial charge in [-0.15, -0.1) is 0 Å². The lowest BCUT2D eigenvalue weighted by Gasteiger charge is -2.26. The van der Waals surface area contributed by atoms with Crippen molar-refractivity contribution < 1.29 is 20.7 Å². The lowest BCUT2D eigenvalue weighted by atomic mass is 9.94. The molecule has 0 amide bonds. The van der Waals surface area contributed by atoms with Gasteiger partial charge in [0.15, 0.2) is 17.3 Å². The van der Waals surface area contributed by atoms with E-state index in [2.05, 4.69) is 92.9 Å². The van der Waals surface area contributed by atoms with E-state index >= 15 is 0 Å². The summed E-state index contributed by atoms with van der Waals surface area (Å²) in [6.45, 7) is 24.4. The zero-order chi connectivity index (χ0) is 75.6. The second kappa shape index (κ2) is 32.5. The van der Waals surface area contributed by atoms with Gasteiger partial charge in [-0.25, -0.2) is 15.0 Å². The van der Waals surface area contributed by atoms with Crippen LogP contribution in [0.3, 0.4) is 0 Å². The molecule has 5 N–H and O–H groups in total. The Balaban J connectivity index is 0.000000254. The summed E-state index contributed by atoms with van der Waals surface area (Å²) < 4.78 is 21.8. The number of hydrogen-bond acceptors (Lipinski definition) is 20. The largest absolute Gasteiger partial charge is 0.354 e. The van der Waals surface area contributed by atoms with Gasteiger partial charge < -0.3 is 34.9 Å². The molecule has 0 radical (unpaired) electrons. The number of nitrogens with one attached hydrogen (secondary N) is 1. The van der Waals surface area contributed by atoms with E-state index in [1.54, 1.807) is 59.8 Å². The molecule has 9 aromatic heterocycles. The maximum atomic E-state index is 12.6. The minimum absolute atomic E-state index is 0. The van der Waals surface area contributed by atoms with Gasteiger partial charge >= 0.3 is 0 Å². The van der Waals surface area contributed by atoms with Crippen molar-refractivity contribution in [1.82, 2.24) is 64.4 Å². The monoisotopic (exact) mass is 1430 g/mol. The average Bonchev–Trinajstić information content (AvgIpc) is 1.56. The van der Waals surface area contributed by atoms with Crippen LogP contribution in [0.5, 0.6) is 0 Å². The molecule has 12 aromatic rings. The zero-order valence-corrected chi connectivity index (χ0v) is 62.0. The number of nitrogens with two attached hydrogens (primary N) is 2. The van der Waals surface area contributed by atoms with Crippen molar-refractivity contribution in [3.8, 4) is 114 Å². The number of aryl methyl sites for hydroxylation is 3. The summed E-state index contributed by atoms with van der Waals surface area (Å²) in [6, 6.07) is 44.1. The third kappa shape index (κ3) is 16.4. The number of nitrogens with zero attached hydrogens (tertiary/aromatic N) is 14. The van der Waals surface area contributed by atoms with E-state index in [9.17, 15) is 24.9 Å². The molecule has 2 atom stereocenters. The maximum absolute atomic E-state index is 12.6. The molecule has 1 fully saturated rings. The van der Waals surface area contributed by atoms with Crippen molar-refractivity contribution in [3.63, 3.8) is 0 Å². The van der Waals surface area contributed by atoms with Crippen LogP contribution in [0.15, 0.2) is 193 Å². The Kier molecular flexibility index (Phi) is 23.1. The molecule has 0 bridgehead atoms. The van der Waals surface area contributed by atoms with Crippen molar-refractivity contribution in [2.75, 3.05) is 0 Å². The van der Waals surface area contributed by atoms with Gasteiger partial charge in [-0.1, -0.05) is 118 Å². The normalized spacial score (nSPS) is 13.0. The van der Waals surface area contributed by atoms with Crippen LogP contribution in [0, 0.1) is 43.4 Å². The second-order valence-corrected chi connectivity index (χ2v) is 27.3. The quantitative estimate of drug-likeness (QED) is 0.0535. The summed E-state index contributed by atoms with van der Waals surface area (Å²) in [5, 5.41) is 36.0. The standard InChI is InChI=1S/C29H33N5O2.2C27H28N6O2.5H2/c1-5-23(6-2)34-18-22(11-12-27(34)35)25-17-30-19(3)28(32-25)26-15-24(33-36-26)21-9-7-20(8-10-21)16-31-29(4)13-14-29;2*1-5-27(6-2,16-28)33-15-21(10-11-25(33)34)23-14-30-18(4)26(31-23)24-13-22(32-35-24)20-9-7-8-19(12-20)17(3)29;;;;;/h7-12,15,17-18,23,31H,5-6,13-14,16H2,1-4H3;2*7-15,17H,5-6,29H2,1-4H3;5*1H/t;2*17-;;;;;/m.11...../s1. The smallest absolute Gasteiger partial charge is 0.251 e. The highest BCUT2D eigenvalue weighted by molar-refractivity contribution is 5.72. The first-order valence-electron chi connectivity index (χ1n) is 36.0. The Morgan fingerprint density at radius 1 is 0.500 bits per heavy atom. The summed E-state index contributed by atoms with van der Waals surface area (Å²) >= 11 is 0. The van der Waals surface area contributed by atoms with E-state index in [-0.39, 0.29) is 41.9 Å². The molecule has 0 spiro atoms. The molecule has 552 valence electrons. The average molecular weight is 1430 g/mol. The van der Waals surface area contributed by atoms with Crippen molar-refractivity contribution >= 4 is 0 Å². The number of benzene rings is 3.